The fourth-order valence-electron chi connectivity index (χ4n) is 1.49. The third-order valence-electron chi connectivity index (χ3n) is 2.29. The van der Waals surface area contributed by atoms with E-state index in [1.807, 2.05) is 54.6 Å². The number of hydrogen-bond acceptors (Lipinski definition) is 2. The predicted molar refractivity (Wildman–Crippen MR) is 63.2 cm³/mol. The van der Waals surface area contributed by atoms with Gasteiger partial charge in [0.15, 0.2) is 0 Å². The fourth-order valence-corrected chi connectivity index (χ4v) is 1.49. The van der Waals surface area contributed by atoms with Gasteiger partial charge in [-0.2, -0.15) is 0 Å². The minimum Gasteiger partial charge on any atom is -0.398 e. The normalized spacial score (nSPS) is 9.87. The van der Waals surface area contributed by atoms with Crippen molar-refractivity contribution < 1.29 is 0 Å². The van der Waals surface area contributed by atoms with Crippen LogP contribution in [0.1, 0.15) is 11.1 Å². The van der Waals surface area contributed by atoms with Gasteiger partial charge in [0.25, 0.3) is 0 Å². The van der Waals surface area contributed by atoms with Gasteiger partial charge < -0.3 is 5.73 Å². The molecule has 15 heavy (non-hydrogen) atoms. The smallest absolute Gasteiger partial charge is 0.0705 e. The number of hydrogen-bond donors (Lipinski definition) is 2. The highest BCUT2D eigenvalue weighted by atomic mass is 14.6. The molecule has 2 aromatic carbocycles. The summed E-state index contributed by atoms with van der Waals surface area (Å²) in [7, 11) is 0. The largest absolute Gasteiger partial charge is 0.398 e. The standard InChI is InChI=1S/C13H12N2/c14-12-9-5-4-8-11(12)13(15)10-6-2-1-3-7-10/h1-9,15H,14H2. The number of anilines is 1. The van der Waals surface area contributed by atoms with Crippen LogP contribution in [0.2, 0.25) is 0 Å². The Hall–Kier alpha value is -2.09. The minimum atomic E-state index is 0.466. The molecule has 0 radical (unpaired) electrons. The van der Waals surface area contributed by atoms with Crippen LogP contribution in [0.5, 0.6) is 0 Å². The highest BCUT2D eigenvalue weighted by Gasteiger charge is 2.06. The fraction of sp³-hybridized carbons (Fsp3) is 0. The Morgan fingerprint density at radius 3 is 2.13 bits per heavy atom. The molecular formula is C13H12N2. The molecule has 0 saturated carbocycles. The summed E-state index contributed by atoms with van der Waals surface area (Å²) in [6.07, 6.45) is 0. The van der Waals surface area contributed by atoms with Crippen molar-refractivity contribution in [3.8, 4) is 0 Å². The van der Waals surface area contributed by atoms with Gasteiger partial charge in [-0.3, -0.25) is 5.41 Å². The lowest BCUT2D eigenvalue weighted by molar-refractivity contribution is 1.46. The average molecular weight is 196 g/mol. The Kier molecular flexibility index (Phi) is 2.50. The second-order valence-electron chi connectivity index (χ2n) is 3.33. The van der Waals surface area contributed by atoms with E-state index >= 15 is 0 Å². The molecule has 0 amide bonds. The molecule has 0 spiro atoms. The summed E-state index contributed by atoms with van der Waals surface area (Å²) in [6, 6.07) is 17.0. The van der Waals surface area contributed by atoms with Gasteiger partial charge in [-0.05, 0) is 6.07 Å². The van der Waals surface area contributed by atoms with E-state index in [4.69, 9.17) is 11.1 Å². The van der Waals surface area contributed by atoms with E-state index < -0.39 is 0 Å². The first kappa shape index (κ1) is 9.46. The zero-order valence-corrected chi connectivity index (χ0v) is 8.27. The zero-order valence-electron chi connectivity index (χ0n) is 8.27. The van der Waals surface area contributed by atoms with Crippen molar-refractivity contribution in [1.82, 2.24) is 0 Å². The SMILES string of the molecule is N=C(c1ccccc1)c1ccccc1N. The maximum Gasteiger partial charge on any atom is 0.0705 e. The quantitative estimate of drug-likeness (QED) is 0.563. The van der Waals surface area contributed by atoms with Crippen molar-refractivity contribution in [2.24, 2.45) is 0 Å². The number of rotatable bonds is 2. The van der Waals surface area contributed by atoms with Crippen LogP contribution >= 0.6 is 0 Å². The molecule has 0 aliphatic carbocycles. The Morgan fingerprint density at radius 2 is 1.47 bits per heavy atom. The maximum atomic E-state index is 8.03. The van der Waals surface area contributed by atoms with Gasteiger partial charge in [0, 0.05) is 16.8 Å². The summed E-state index contributed by atoms with van der Waals surface area (Å²) in [6.45, 7) is 0. The molecule has 3 N–H and O–H groups in total. The molecule has 2 heteroatoms. The van der Waals surface area contributed by atoms with Crippen LogP contribution in [-0.4, -0.2) is 5.71 Å². The van der Waals surface area contributed by atoms with Crippen LogP contribution in [0, 0.1) is 5.41 Å². The molecule has 0 fully saturated rings. The second kappa shape index (κ2) is 3.96. The van der Waals surface area contributed by atoms with Crippen molar-refractivity contribution in [2.75, 3.05) is 5.73 Å². The van der Waals surface area contributed by atoms with Gasteiger partial charge in [-0.15, -0.1) is 0 Å². The molecule has 74 valence electrons. The van der Waals surface area contributed by atoms with Gasteiger partial charge in [-0.25, -0.2) is 0 Å². The van der Waals surface area contributed by atoms with Gasteiger partial charge in [-0.1, -0.05) is 48.5 Å². The Bertz CT molecular complexity index is 475. The third kappa shape index (κ3) is 1.89. The maximum absolute atomic E-state index is 8.03. The topological polar surface area (TPSA) is 49.9 Å². The lowest BCUT2D eigenvalue weighted by Gasteiger charge is -2.06. The van der Waals surface area contributed by atoms with E-state index in [-0.39, 0.29) is 0 Å². The molecule has 2 rings (SSSR count). The number of nitrogens with two attached hydrogens (primary N) is 1. The van der Waals surface area contributed by atoms with E-state index in [2.05, 4.69) is 0 Å². The van der Waals surface area contributed by atoms with E-state index in [0.717, 1.165) is 11.1 Å². The van der Waals surface area contributed by atoms with E-state index in [1.54, 1.807) is 0 Å². The van der Waals surface area contributed by atoms with Crippen LogP contribution in [0.3, 0.4) is 0 Å². The summed E-state index contributed by atoms with van der Waals surface area (Å²) < 4.78 is 0. The van der Waals surface area contributed by atoms with Gasteiger partial charge in [0.05, 0.1) is 5.71 Å². The predicted octanol–water partition coefficient (Wildman–Crippen LogP) is 2.68. The van der Waals surface area contributed by atoms with Gasteiger partial charge in [0.1, 0.15) is 0 Å². The molecular weight excluding hydrogens is 184 g/mol. The van der Waals surface area contributed by atoms with Crippen LogP contribution in [0.25, 0.3) is 0 Å². The monoisotopic (exact) mass is 196 g/mol. The summed E-state index contributed by atoms with van der Waals surface area (Å²) >= 11 is 0. The van der Waals surface area contributed by atoms with Crippen molar-refractivity contribution in [3.63, 3.8) is 0 Å². The molecule has 0 saturated heterocycles. The summed E-state index contributed by atoms with van der Waals surface area (Å²) in [5.74, 6) is 0. The van der Waals surface area contributed by atoms with Crippen molar-refractivity contribution in [1.29, 1.82) is 5.41 Å². The van der Waals surface area contributed by atoms with E-state index in [0.29, 0.717) is 11.4 Å². The highest BCUT2D eigenvalue weighted by Crippen LogP contribution is 2.15. The second-order valence-corrected chi connectivity index (χ2v) is 3.33. The van der Waals surface area contributed by atoms with Gasteiger partial charge in [0.2, 0.25) is 0 Å². The molecule has 0 heterocycles. The first-order valence-electron chi connectivity index (χ1n) is 4.78. The first-order chi connectivity index (χ1) is 7.29. The van der Waals surface area contributed by atoms with Crippen LogP contribution in [-0.2, 0) is 0 Å². The Morgan fingerprint density at radius 1 is 0.867 bits per heavy atom. The summed E-state index contributed by atoms with van der Waals surface area (Å²) in [5.41, 5.74) is 8.59. The lowest BCUT2D eigenvalue weighted by Crippen LogP contribution is -2.04. The summed E-state index contributed by atoms with van der Waals surface area (Å²) in [4.78, 5) is 0. The van der Waals surface area contributed by atoms with Crippen molar-refractivity contribution in [3.05, 3.63) is 65.7 Å². The molecule has 2 aromatic rings. The molecule has 0 aromatic heterocycles. The first-order valence-corrected chi connectivity index (χ1v) is 4.78. The highest BCUT2D eigenvalue weighted by molar-refractivity contribution is 6.13. The van der Waals surface area contributed by atoms with Crippen molar-refractivity contribution >= 4 is 11.4 Å². The van der Waals surface area contributed by atoms with Gasteiger partial charge >= 0.3 is 0 Å². The van der Waals surface area contributed by atoms with Crippen molar-refractivity contribution in [2.45, 2.75) is 0 Å². The average Bonchev–Trinajstić information content (AvgIpc) is 2.30. The van der Waals surface area contributed by atoms with Crippen LogP contribution in [0.4, 0.5) is 5.69 Å². The van der Waals surface area contributed by atoms with Crippen LogP contribution in [0.15, 0.2) is 54.6 Å². The molecule has 0 aliphatic heterocycles. The summed E-state index contributed by atoms with van der Waals surface area (Å²) in [5, 5.41) is 8.03. The number of para-hydroxylation sites is 1. The van der Waals surface area contributed by atoms with E-state index in [9.17, 15) is 0 Å². The number of nitrogens with one attached hydrogen (secondary N) is 1. The zero-order chi connectivity index (χ0) is 10.7. The lowest BCUT2D eigenvalue weighted by atomic mass is 10.0. The Balaban J connectivity index is 2.42. The molecule has 2 nitrogen and oxygen atoms in total. The molecule has 0 aliphatic rings. The minimum absolute atomic E-state index is 0.466. The number of benzene rings is 2. The Labute approximate surface area is 88.9 Å². The van der Waals surface area contributed by atoms with Crippen LogP contribution < -0.4 is 5.73 Å². The molecule has 0 unspecified atom stereocenters. The molecule has 0 atom stereocenters. The third-order valence-corrected chi connectivity index (χ3v) is 2.29. The number of nitrogen functional groups attached to an aromatic ring is 1. The molecule has 0 bridgehead atoms. The van der Waals surface area contributed by atoms with E-state index in [1.165, 1.54) is 0 Å².